The minimum Gasteiger partial charge on any atom is -0.459 e. The fourth-order valence-corrected chi connectivity index (χ4v) is 2.57. The summed E-state index contributed by atoms with van der Waals surface area (Å²) in [4.78, 5) is 25.0. The Morgan fingerprint density at radius 2 is 1.73 bits per heavy atom. The van der Waals surface area contributed by atoms with Gasteiger partial charge in [0, 0.05) is 10.7 Å². The predicted molar refractivity (Wildman–Crippen MR) is 106 cm³/mol. The van der Waals surface area contributed by atoms with Crippen LogP contribution in [0.4, 0.5) is 18.9 Å². The standard InChI is InChI=1S/C21H14ClF3N2O3/c22-15-8-6-13(7-9-15)11-17(27-20(29)18-5-2-10-30-18)19(28)26-16-4-1-3-14(12-16)21(23,24)25/h1-12H,(H,26,28)(H,27,29)/b17-11-. The summed E-state index contributed by atoms with van der Waals surface area (Å²) in [6.45, 7) is 0. The third-order valence-corrected chi connectivity index (χ3v) is 4.12. The van der Waals surface area contributed by atoms with Gasteiger partial charge in [-0.15, -0.1) is 0 Å². The fraction of sp³-hybridized carbons (Fsp3) is 0.0476. The summed E-state index contributed by atoms with van der Waals surface area (Å²) < 4.78 is 43.7. The minimum absolute atomic E-state index is 0.0381. The number of alkyl halides is 3. The van der Waals surface area contributed by atoms with Gasteiger partial charge in [-0.3, -0.25) is 9.59 Å². The topological polar surface area (TPSA) is 71.3 Å². The predicted octanol–water partition coefficient (Wildman–Crippen LogP) is 5.36. The van der Waals surface area contributed by atoms with Crippen LogP contribution in [-0.2, 0) is 11.0 Å². The normalized spacial score (nSPS) is 11.8. The lowest BCUT2D eigenvalue weighted by molar-refractivity contribution is -0.137. The number of halogens is 4. The van der Waals surface area contributed by atoms with Gasteiger partial charge < -0.3 is 15.1 Å². The van der Waals surface area contributed by atoms with Gasteiger partial charge in [0.15, 0.2) is 5.76 Å². The van der Waals surface area contributed by atoms with Crippen LogP contribution in [-0.4, -0.2) is 11.8 Å². The fourth-order valence-electron chi connectivity index (χ4n) is 2.45. The van der Waals surface area contributed by atoms with Gasteiger partial charge in [0.1, 0.15) is 5.70 Å². The van der Waals surface area contributed by atoms with E-state index in [4.69, 9.17) is 16.0 Å². The van der Waals surface area contributed by atoms with Crippen molar-refractivity contribution in [3.05, 3.63) is 94.5 Å². The first kappa shape index (κ1) is 21.2. The van der Waals surface area contributed by atoms with Gasteiger partial charge >= 0.3 is 6.18 Å². The summed E-state index contributed by atoms with van der Waals surface area (Å²) in [5.74, 6) is -1.55. The maximum absolute atomic E-state index is 12.9. The van der Waals surface area contributed by atoms with Gasteiger partial charge in [0.05, 0.1) is 11.8 Å². The first-order valence-electron chi connectivity index (χ1n) is 8.53. The van der Waals surface area contributed by atoms with Crippen molar-refractivity contribution < 1.29 is 27.2 Å². The molecule has 0 saturated heterocycles. The summed E-state index contributed by atoms with van der Waals surface area (Å²) in [6.07, 6.45) is -1.91. The van der Waals surface area contributed by atoms with Gasteiger partial charge in [-0.05, 0) is 54.1 Å². The molecule has 30 heavy (non-hydrogen) atoms. The summed E-state index contributed by atoms with van der Waals surface area (Å²) in [6, 6.07) is 13.5. The third kappa shape index (κ3) is 5.51. The molecule has 9 heteroatoms. The Kier molecular flexibility index (Phi) is 6.27. The van der Waals surface area contributed by atoms with E-state index in [1.165, 1.54) is 36.6 Å². The molecule has 1 aromatic heterocycles. The molecule has 0 spiro atoms. The van der Waals surface area contributed by atoms with Crippen molar-refractivity contribution in [2.45, 2.75) is 6.18 Å². The average Bonchev–Trinajstić information content (AvgIpc) is 3.23. The summed E-state index contributed by atoms with van der Waals surface area (Å²) in [5.41, 5.74) is -0.656. The number of furan rings is 1. The number of hydrogen-bond donors (Lipinski definition) is 2. The molecule has 0 aliphatic heterocycles. The van der Waals surface area contributed by atoms with E-state index in [1.807, 2.05) is 0 Å². The summed E-state index contributed by atoms with van der Waals surface area (Å²) in [5, 5.41) is 5.24. The molecule has 0 aliphatic rings. The molecule has 2 amide bonds. The van der Waals surface area contributed by atoms with Crippen molar-refractivity contribution in [2.24, 2.45) is 0 Å². The van der Waals surface area contributed by atoms with Crippen LogP contribution in [0, 0.1) is 0 Å². The van der Waals surface area contributed by atoms with Crippen molar-refractivity contribution in [3.63, 3.8) is 0 Å². The molecule has 0 aliphatic carbocycles. The zero-order valence-corrected chi connectivity index (χ0v) is 15.9. The molecule has 1 heterocycles. The van der Waals surface area contributed by atoms with Crippen LogP contribution in [0.3, 0.4) is 0 Å². The highest BCUT2D eigenvalue weighted by atomic mass is 35.5. The molecule has 0 atom stereocenters. The zero-order valence-electron chi connectivity index (χ0n) is 15.2. The zero-order chi connectivity index (χ0) is 21.7. The van der Waals surface area contributed by atoms with Crippen LogP contribution in [0.25, 0.3) is 6.08 Å². The quantitative estimate of drug-likeness (QED) is 0.531. The SMILES string of the molecule is O=C(Nc1cccc(C(F)(F)F)c1)/C(=C/c1ccc(Cl)cc1)NC(=O)c1ccco1. The van der Waals surface area contributed by atoms with E-state index in [0.717, 1.165) is 12.1 Å². The molecule has 2 N–H and O–H groups in total. The van der Waals surface area contributed by atoms with Crippen LogP contribution in [0.5, 0.6) is 0 Å². The molecule has 0 unspecified atom stereocenters. The van der Waals surface area contributed by atoms with Crippen molar-refractivity contribution in [1.29, 1.82) is 0 Å². The van der Waals surface area contributed by atoms with Crippen LogP contribution >= 0.6 is 11.6 Å². The first-order valence-corrected chi connectivity index (χ1v) is 8.91. The van der Waals surface area contributed by atoms with E-state index in [0.29, 0.717) is 10.6 Å². The van der Waals surface area contributed by atoms with E-state index < -0.39 is 23.6 Å². The van der Waals surface area contributed by atoms with Gasteiger partial charge in [-0.2, -0.15) is 13.2 Å². The monoisotopic (exact) mass is 434 g/mol. The average molecular weight is 435 g/mol. The van der Waals surface area contributed by atoms with E-state index in [9.17, 15) is 22.8 Å². The van der Waals surface area contributed by atoms with Crippen LogP contribution in [0.15, 0.2) is 77.0 Å². The summed E-state index contributed by atoms with van der Waals surface area (Å²) >= 11 is 5.85. The van der Waals surface area contributed by atoms with Gasteiger partial charge in [0.25, 0.3) is 11.8 Å². The number of anilines is 1. The Hall–Kier alpha value is -3.52. The highest BCUT2D eigenvalue weighted by Crippen LogP contribution is 2.30. The number of benzene rings is 2. The molecule has 3 rings (SSSR count). The van der Waals surface area contributed by atoms with E-state index in [2.05, 4.69) is 10.6 Å². The molecule has 3 aromatic rings. The second-order valence-corrected chi connectivity index (χ2v) is 6.51. The van der Waals surface area contributed by atoms with Gasteiger partial charge in [-0.25, -0.2) is 0 Å². The smallest absolute Gasteiger partial charge is 0.416 e. The van der Waals surface area contributed by atoms with Gasteiger partial charge in [-0.1, -0.05) is 29.8 Å². The number of hydrogen-bond acceptors (Lipinski definition) is 3. The maximum Gasteiger partial charge on any atom is 0.416 e. The minimum atomic E-state index is -4.56. The second kappa shape index (κ2) is 8.87. The van der Waals surface area contributed by atoms with E-state index in [1.54, 1.807) is 24.3 Å². The molecule has 0 radical (unpaired) electrons. The Bertz CT molecular complexity index is 1080. The van der Waals surface area contributed by atoms with Crippen molar-refractivity contribution in [3.8, 4) is 0 Å². The highest BCUT2D eigenvalue weighted by molar-refractivity contribution is 6.30. The number of carbonyl (C=O) groups is 2. The number of amides is 2. The Morgan fingerprint density at radius 1 is 1.00 bits per heavy atom. The van der Waals surface area contributed by atoms with Gasteiger partial charge in [0.2, 0.25) is 0 Å². The van der Waals surface area contributed by atoms with E-state index in [-0.39, 0.29) is 17.1 Å². The lowest BCUT2D eigenvalue weighted by atomic mass is 10.1. The number of rotatable bonds is 5. The Morgan fingerprint density at radius 3 is 2.37 bits per heavy atom. The van der Waals surface area contributed by atoms with Crippen LogP contribution < -0.4 is 10.6 Å². The molecule has 0 saturated carbocycles. The molecule has 5 nitrogen and oxygen atoms in total. The first-order chi connectivity index (χ1) is 14.2. The second-order valence-electron chi connectivity index (χ2n) is 6.07. The molecule has 0 bridgehead atoms. The third-order valence-electron chi connectivity index (χ3n) is 3.87. The largest absolute Gasteiger partial charge is 0.459 e. The molecule has 2 aromatic carbocycles. The summed E-state index contributed by atoms with van der Waals surface area (Å²) in [7, 11) is 0. The van der Waals surface area contributed by atoms with E-state index >= 15 is 0 Å². The Balaban J connectivity index is 1.88. The van der Waals surface area contributed by atoms with Crippen LogP contribution in [0.1, 0.15) is 21.7 Å². The van der Waals surface area contributed by atoms with Crippen molar-refractivity contribution in [2.75, 3.05) is 5.32 Å². The van der Waals surface area contributed by atoms with Crippen molar-refractivity contribution in [1.82, 2.24) is 5.32 Å². The highest BCUT2D eigenvalue weighted by Gasteiger charge is 2.30. The Labute approximate surface area is 174 Å². The molecular weight excluding hydrogens is 421 g/mol. The number of carbonyl (C=O) groups excluding carboxylic acids is 2. The van der Waals surface area contributed by atoms with Crippen LogP contribution in [0.2, 0.25) is 5.02 Å². The molecule has 154 valence electrons. The van der Waals surface area contributed by atoms with Crippen molar-refractivity contribution >= 4 is 35.2 Å². The lowest BCUT2D eigenvalue weighted by Gasteiger charge is -2.12. The molecular formula is C21H14ClF3N2O3. The molecule has 0 fully saturated rings. The lowest BCUT2D eigenvalue weighted by Crippen LogP contribution is -2.30. The number of nitrogens with one attached hydrogen (secondary N) is 2. The maximum atomic E-state index is 12.9.